The number of ether oxygens (including phenoxy) is 1. The van der Waals surface area contributed by atoms with E-state index >= 15 is 0 Å². The molecule has 0 atom stereocenters. The Kier molecular flexibility index (Phi) is 4.20. The zero-order chi connectivity index (χ0) is 17.1. The first-order valence-corrected chi connectivity index (χ1v) is 7.34. The Bertz CT molecular complexity index is 914. The van der Waals surface area contributed by atoms with Gasteiger partial charge in [0.15, 0.2) is 0 Å². The van der Waals surface area contributed by atoms with Gasteiger partial charge in [-0.1, -0.05) is 30.3 Å². The number of aromatic carboxylic acids is 1. The monoisotopic (exact) mass is 323 g/mol. The van der Waals surface area contributed by atoms with Crippen molar-refractivity contribution >= 4 is 28.5 Å². The molecular weight excluding hydrogens is 308 g/mol. The molecule has 0 aliphatic heterocycles. The number of hydrogen-bond acceptors (Lipinski definition) is 4. The minimum Gasteiger partial charge on any atom is -0.543 e. The number of anilines is 1. The minimum atomic E-state index is -1.34. The molecule has 6 nitrogen and oxygen atoms in total. The van der Waals surface area contributed by atoms with Crippen molar-refractivity contribution in [2.24, 2.45) is 0 Å². The van der Waals surface area contributed by atoms with Crippen molar-refractivity contribution in [3.63, 3.8) is 0 Å². The third-order valence-electron chi connectivity index (χ3n) is 3.74. The van der Waals surface area contributed by atoms with E-state index in [1.807, 2.05) is 0 Å². The molecule has 0 fully saturated rings. The Morgan fingerprint density at radius 2 is 1.83 bits per heavy atom. The van der Waals surface area contributed by atoms with Gasteiger partial charge in [-0.15, -0.1) is 0 Å². The number of hydrogen-bond donors (Lipinski definition) is 2. The molecule has 2 N–H and O–H groups in total. The lowest BCUT2D eigenvalue weighted by molar-refractivity contribution is -0.255. The van der Waals surface area contributed by atoms with E-state index in [0.717, 1.165) is 0 Å². The standard InChI is InChI=1S/C18H16N2O4/c1-24-15-9-5-4-8-14(15)19-16(21)10-12-11-6-2-3-7-13(11)20-17(12)18(22)23/h2-9,20H,10H2,1H3,(H,19,21)(H,22,23)/p-1. The molecular formula is C18H15N2O4-. The molecule has 0 aliphatic rings. The van der Waals surface area contributed by atoms with Gasteiger partial charge in [-0.25, -0.2) is 0 Å². The predicted molar refractivity (Wildman–Crippen MR) is 88.0 cm³/mol. The van der Waals surface area contributed by atoms with Crippen LogP contribution >= 0.6 is 0 Å². The Balaban J connectivity index is 1.90. The van der Waals surface area contributed by atoms with Crippen LogP contribution in [0.3, 0.4) is 0 Å². The van der Waals surface area contributed by atoms with Crippen LogP contribution in [-0.2, 0) is 11.2 Å². The lowest BCUT2D eigenvalue weighted by Crippen LogP contribution is -2.25. The van der Waals surface area contributed by atoms with E-state index in [4.69, 9.17) is 4.74 Å². The van der Waals surface area contributed by atoms with Crippen LogP contribution in [0.5, 0.6) is 5.75 Å². The molecule has 1 amide bonds. The summed E-state index contributed by atoms with van der Waals surface area (Å²) in [4.78, 5) is 26.5. The second-order valence-corrected chi connectivity index (χ2v) is 5.24. The zero-order valence-corrected chi connectivity index (χ0v) is 13.0. The Morgan fingerprint density at radius 1 is 1.12 bits per heavy atom. The average molecular weight is 323 g/mol. The zero-order valence-electron chi connectivity index (χ0n) is 13.0. The SMILES string of the molecule is COc1ccccc1NC(=O)Cc1c(C(=O)[O-])[nH]c2ccccc12. The molecule has 3 aromatic rings. The number of carbonyl (C=O) groups is 2. The maximum absolute atomic E-state index is 12.4. The predicted octanol–water partition coefficient (Wildman–Crippen LogP) is 1.72. The molecule has 0 aliphatic carbocycles. The number of carboxylic acid groups (broad SMARTS) is 1. The summed E-state index contributed by atoms with van der Waals surface area (Å²) in [5.74, 6) is -1.15. The highest BCUT2D eigenvalue weighted by atomic mass is 16.5. The molecule has 0 bridgehead atoms. The maximum Gasteiger partial charge on any atom is 0.229 e. The van der Waals surface area contributed by atoms with Crippen molar-refractivity contribution in [1.29, 1.82) is 0 Å². The Labute approximate surface area is 138 Å². The maximum atomic E-state index is 12.4. The van der Waals surface area contributed by atoms with Crippen LogP contribution in [-0.4, -0.2) is 24.0 Å². The molecule has 3 rings (SSSR count). The number of benzene rings is 2. The number of para-hydroxylation sites is 3. The first-order valence-electron chi connectivity index (χ1n) is 7.34. The van der Waals surface area contributed by atoms with E-state index in [9.17, 15) is 14.7 Å². The summed E-state index contributed by atoms with van der Waals surface area (Å²) in [7, 11) is 1.51. The fourth-order valence-electron chi connectivity index (χ4n) is 2.66. The van der Waals surface area contributed by atoms with Crippen LogP contribution in [0.15, 0.2) is 48.5 Å². The normalized spacial score (nSPS) is 10.5. The summed E-state index contributed by atoms with van der Waals surface area (Å²) >= 11 is 0. The van der Waals surface area contributed by atoms with Crippen molar-refractivity contribution in [1.82, 2.24) is 4.98 Å². The third kappa shape index (κ3) is 2.94. The van der Waals surface area contributed by atoms with Gasteiger partial charge in [0.2, 0.25) is 5.91 Å². The summed E-state index contributed by atoms with van der Waals surface area (Å²) in [5, 5.41) is 14.8. The van der Waals surface area contributed by atoms with E-state index in [1.54, 1.807) is 48.5 Å². The number of nitrogens with one attached hydrogen (secondary N) is 2. The second-order valence-electron chi connectivity index (χ2n) is 5.24. The Hall–Kier alpha value is -3.28. The molecule has 2 aromatic carbocycles. The van der Waals surface area contributed by atoms with Gasteiger partial charge in [0.05, 0.1) is 30.9 Å². The highest BCUT2D eigenvalue weighted by Gasteiger charge is 2.16. The van der Waals surface area contributed by atoms with Crippen LogP contribution in [0.4, 0.5) is 5.69 Å². The molecule has 24 heavy (non-hydrogen) atoms. The molecule has 0 unspecified atom stereocenters. The molecule has 1 heterocycles. The van der Waals surface area contributed by atoms with Crippen molar-refractivity contribution in [3.05, 3.63) is 59.8 Å². The summed E-state index contributed by atoms with van der Waals surface area (Å²) in [5.41, 5.74) is 1.50. The second kappa shape index (κ2) is 6.45. The molecule has 0 saturated heterocycles. The van der Waals surface area contributed by atoms with E-state index in [0.29, 0.717) is 27.9 Å². The van der Waals surface area contributed by atoms with Gasteiger partial charge in [0.1, 0.15) is 5.75 Å². The molecule has 0 radical (unpaired) electrons. The lowest BCUT2D eigenvalue weighted by Gasteiger charge is -2.10. The summed E-state index contributed by atoms with van der Waals surface area (Å²) in [6.07, 6.45) is -0.0919. The van der Waals surface area contributed by atoms with Crippen LogP contribution in [0.1, 0.15) is 16.1 Å². The van der Waals surface area contributed by atoms with Crippen molar-refractivity contribution in [3.8, 4) is 5.75 Å². The van der Waals surface area contributed by atoms with Gasteiger partial charge in [-0.05, 0) is 23.8 Å². The van der Waals surface area contributed by atoms with E-state index < -0.39 is 5.97 Å². The summed E-state index contributed by atoms with van der Waals surface area (Å²) in [6.45, 7) is 0. The molecule has 0 saturated carbocycles. The van der Waals surface area contributed by atoms with E-state index in [1.165, 1.54) is 7.11 Å². The topological polar surface area (TPSA) is 94.2 Å². The van der Waals surface area contributed by atoms with Crippen LogP contribution in [0.25, 0.3) is 10.9 Å². The van der Waals surface area contributed by atoms with E-state index in [-0.39, 0.29) is 18.0 Å². The van der Waals surface area contributed by atoms with Crippen LogP contribution in [0, 0.1) is 0 Å². The number of methoxy groups -OCH3 is 1. The number of H-pyrrole nitrogens is 1. The quantitative estimate of drug-likeness (QED) is 0.747. The fraction of sp³-hybridized carbons (Fsp3) is 0.111. The third-order valence-corrected chi connectivity index (χ3v) is 3.74. The molecule has 122 valence electrons. The fourth-order valence-corrected chi connectivity index (χ4v) is 2.66. The number of aromatic amines is 1. The van der Waals surface area contributed by atoms with Crippen molar-refractivity contribution < 1.29 is 19.4 Å². The minimum absolute atomic E-state index is 0.0774. The lowest BCUT2D eigenvalue weighted by atomic mass is 10.1. The largest absolute Gasteiger partial charge is 0.543 e. The average Bonchev–Trinajstić information content (AvgIpc) is 2.94. The van der Waals surface area contributed by atoms with Crippen molar-refractivity contribution in [2.75, 3.05) is 12.4 Å². The van der Waals surface area contributed by atoms with Gasteiger partial charge in [0.25, 0.3) is 0 Å². The van der Waals surface area contributed by atoms with Gasteiger partial charge in [0, 0.05) is 10.9 Å². The number of fused-ring (bicyclic) bond motifs is 1. The van der Waals surface area contributed by atoms with Crippen molar-refractivity contribution in [2.45, 2.75) is 6.42 Å². The number of aromatic nitrogens is 1. The molecule has 6 heteroatoms. The highest BCUT2D eigenvalue weighted by molar-refractivity contribution is 6.02. The Morgan fingerprint density at radius 3 is 2.58 bits per heavy atom. The number of carboxylic acids is 1. The van der Waals surface area contributed by atoms with Crippen LogP contribution < -0.4 is 15.2 Å². The van der Waals surface area contributed by atoms with Gasteiger partial charge in [-0.3, -0.25) is 4.79 Å². The smallest absolute Gasteiger partial charge is 0.229 e. The molecule has 0 spiro atoms. The van der Waals surface area contributed by atoms with Gasteiger partial charge in [-0.2, -0.15) is 0 Å². The van der Waals surface area contributed by atoms with E-state index in [2.05, 4.69) is 10.3 Å². The highest BCUT2D eigenvalue weighted by Crippen LogP contribution is 2.25. The molecule has 1 aromatic heterocycles. The summed E-state index contributed by atoms with van der Waals surface area (Å²) < 4.78 is 5.19. The first-order chi connectivity index (χ1) is 11.6. The number of carbonyl (C=O) groups excluding carboxylic acids is 2. The van der Waals surface area contributed by atoms with Gasteiger partial charge < -0.3 is 24.9 Å². The summed E-state index contributed by atoms with van der Waals surface area (Å²) in [6, 6.07) is 14.1. The first kappa shape index (κ1) is 15.6. The van der Waals surface area contributed by atoms with Gasteiger partial charge >= 0.3 is 0 Å². The number of rotatable bonds is 5. The van der Waals surface area contributed by atoms with Crippen LogP contribution in [0.2, 0.25) is 0 Å². The number of amides is 1.